The molecule has 0 aromatic heterocycles. The maximum Gasteiger partial charge on any atom is 0.0916 e. The Morgan fingerprint density at radius 3 is 2.58 bits per heavy atom. The molecule has 2 fully saturated rings. The highest BCUT2D eigenvalue weighted by atomic mass is 16.5. The second kappa shape index (κ2) is 8.95. The molecule has 0 saturated carbocycles. The third-order valence-electron chi connectivity index (χ3n) is 5.22. The van der Waals surface area contributed by atoms with Gasteiger partial charge in [-0.25, -0.2) is 0 Å². The van der Waals surface area contributed by atoms with E-state index in [1.807, 2.05) is 12.1 Å². The predicted molar refractivity (Wildman–Crippen MR) is 95.1 cm³/mol. The second-order valence-corrected chi connectivity index (χ2v) is 7.25. The number of piperidine rings is 1. The van der Waals surface area contributed by atoms with Crippen molar-refractivity contribution in [2.75, 3.05) is 32.8 Å². The van der Waals surface area contributed by atoms with E-state index >= 15 is 0 Å². The Balaban J connectivity index is 1.36. The van der Waals surface area contributed by atoms with Crippen molar-refractivity contribution >= 4 is 0 Å². The Kier molecular flexibility index (Phi) is 6.67. The van der Waals surface area contributed by atoms with Crippen LogP contribution in [0.2, 0.25) is 0 Å². The van der Waals surface area contributed by atoms with Crippen LogP contribution in [0.25, 0.3) is 0 Å². The lowest BCUT2D eigenvalue weighted by atomic mass is 10.0. The van der Waals surface area contributed by atoms with Crippen molar-refractivity contribution in [1.29, 1.82) is 0 Å². The highest BCUT2D eigenvalue weighted by Gasteiger charge is 2.23. The number of benzene rings is 1. The minimum absolute atomic E-state index is 0.306. The molecule has 2 aliphatic rings. The Labute approximate surface area is 145 Å². The molecule has 0 aliphatic carbocycles. The number of β-amino-alcohol motifs (C(OH)–C–C–N with tert-alkyl or cyclic N) is 1. The number of aliphatic hydroxyl groups excluding tert-OH is 1. The van der Waals surface area contributed by atoms with Gasteiger partial charge in [-0.3, -0.25) is 0 Å². The molecule has 0 bridgehead atoms. The third-order valence-corrected chi connectivity index (χ3v) is 5.22. The van der Waals surface area contributed by atoms with E-state index in [0.717, 1.165) is 51.1 Å². The number of hydrogen-bond acceptors (Lipinski definition) is 4. The summed E-state index contributed by atoms with van der Waals surface area (Å²) in [7, 11) is 0. The molecule has 24 heavy (non-hydrogen) atoms. The molecule has 2 aliphatic heterocycles. The molecule has 2 heterocycles. The second-order valence-electron chi connectivity index (χ2n) is 7.25. The summed E-state index contributed by atoms with van der Waals surface area (Å²) >= 11 is 0. The lowest BCUT2D eigenvalue weighted by molar-refractivity contribution is -0.0764. The van der Waals surface area contributed by atoms with Gasteiger partial charge in [0.15, 0.2) is 0 Å². The van der Waals surface area contributed by atoms with E-state index in [1.54, 1.807) is 0 Å². The zero-order valence-electron chi connectivity index (χ0n) is 14.8. The monoisotopic (exact) mass is 333 g/mol. The summed E-state index contributed by atoms with van der Waals surface area (Å²) in [6.07, 6.45) is 5.95. The van der Waals surface area contributed by atoms with Gasteiger partial charge in [0, 0.05) is 26.2 Å². The molecule has 1 aromatic carbocycles. The van der Waals surface area contributed by atoms with E-state index in [4.69, 9.17) is 9.47 Å². The zero-order chi connectivity index (χ0) is 16.8. The van der Waals surface area contributed by atoms with Gasteiger partial charge in [0.05, 0.1) is 24.9 Å². The van der Waals surface area contributed by atoms with Crippen LogP contribution in [0.4, 0.5) is 0 Å². The van der Waals surface area contributed by atoms with Gasteiger partial charge in [-0.05, 0) is 44.6 Å². The average molecular weight is 333 g/mol. The first kappa shape index (κ1) is 17.9. The molecule has 4 nitrogen and oxygen atoms in total. The van der Waals surface area contributed by atoms with Crippen molar-refractivity contribution in [3.63, 3.8) is 0 Å². The van der Waals surface area contributed by atoms with Gasteiger partial charge in [0.1, 0.15) is 0 Å². The molecule has 1 N–H and O–H groups in total. The number of nitrogens with zero attached hydrogens (tertiary/aromatic N) is 1. The normalized spacial score (nSPS) is 24.8. The van der Waals surface area contributed by atoms with Crippen LogP contribution in [-0.2, 0) is 9.47 Å². The SMILES string of the molecule is Cc1ccc(C(O)CN2CCC(OCC3CCCCO3)CC2)cc1. The summed E-state index contributed by atoms with van der Waals surface area (Å²) in [6, 6.07) is 8.18. The molecule has 0 amide bonds. The van der Waals surface area contributed by atoms with Gasteiger partial charge >= 0.3 is 0 Å². The Hall–Kier alpha value is -0.940. The van der Waals surface area contributed by atoms with Crippen molar-refractivity contribution in [2.45, 2.75) is 57.3 Å². The van der Waals surface area contributed by atoms with Crippen LogP contribution in [0.5, 0.6) is 0 Å². The fourth-order valence-electron chi connectivity index (χ4n) is 3.58. The Morgan fingerprint density at radius 1 is 1.17 bits per heavy atom. The highest BCUT2D eigenvalue weighted by molar-refractivity contribution is 5.23. The Morgan fingerprint density at radius 2 is 1.92 bits per heavy atom. The fourth-order valence-corrected chi connectivity index (χ4v) is 3.58. The summed E-state index contributed by atoms with van der Waals surface area (Å²) < 4.78 is 11.8. The predicted octanol–water partition coefficient (Wildman–Crippen LogP) is 3.08. The van der Waals surface area contributed by atoms with Crippen molar-refractivity contribution in [2.24, 2.45) is 0 Å². The van der Waals surface area contributed by atoms with Crippen LogP contribution in [0.3, 0.4) is 0 Å². The van der Waals surface area contributed by atoms with Crippen molar-refractivity contribution in [3.8, 4) is 0 Å². The van der Waals surface area contributed by atoms with Gasteiger partial charge < -0.3 is 19.5 Å². The summed E-state index contributed by atoms with van der Waals surface area (Å²) in [6.45, 7) is 6.42. The van der Waals surface area contributed by atoms with E-state index in [0.29, 0.717) is 18.8 Å². The number of hydrogen-bond donors (Lipinski definition) is 1. The van der Waals surface area contributed by atoms with E-state index in [2.05, 4.69) is 24.0 Å². The van der Waals surface area contributed by atoms with Crippen molar-refractivity contribution in [3.05, 3.63) is 35.4 Å². The highest BCUT2D eigenvalue weighted by Crippen LogP contribution is 2.20. The number of aliphatic hydroxyl groups is 1. The van der Waals surface area contributed by atoms with E-state index in [-0.39, 0.29) is 0 Å². The molecule has 4 heteroatoms. The van der Waals surface area contributed by atoms with Gasteiger partial charge in [0.2, 0.25) is 0 Å². The minimum atomic E-state index is -0.404. The number of rotatable bonds is 6. The molecule has 2 saturated heterocycles. The summed E-state index contributed by atoms with van der Waals surface area (Å²) in [5.41, 5.74) is 2.24. The Bertz CT molecular complexity index is 476. The maximum absolute atomic E-state index is 10.4. The quantitative estimate of drug-likeness (QED) is 0.869. The first-order valence-corrected chi connectivity index (χ1v) is 9.41. The van der Waals surface area contributed by atoms with Crippen LogP contribution >= 0.6 is 0 Å². The smallest absolute Gasteiger partial charge is 0.0916 e. The van der Waals surface area contributed by atoms with E-state index in [9.17, 15) is 5.11 Å². The molecule has 3 rings (SSSR count). The first-order chi connectivity index (χ1) is 11.7. The van der Waals surface area contributed by atoms with Crippen molar-refractivity contribution < 1.29 is 14.6 Å². The molecule has 134 valence electrons. The van der Waals surface area contributed by atoms with Crippen LogP contribution in [0.1, 0.15) is 49.3 Å². The summed E-state index contributed by atoms with van der Waals surface area (Å²) in [5.74, 6) is 0. The average Bonchev–Trinajstić information content (AvgIpc) is 2.62. The van der Waals surface area contributed by atoms with Crippen LogP contribution in [0.15, 0.2) is 24.3 Å². The molecular formula is C20H31NO3. The topological polar surface area (TPSA) is 41.9 Å². The number of aryl methyl sites for hydroxylation is 1. The van der Waals surface area contributed by atoms with Crippen LogP contribution < -0.4 is 0 Å². The molecule has 0 radical (unpaired) electrons. The lowest BCUT2D eigenvalue weighted by Gasteiger charge is -2.34. The first-order valence-electron chi connectivity index (χ1n) is 9.41. The molecular weight excluding hydrogens is 302 g/mol. The van der Waals surface area contributed by atoms with E-state index in [1.165, 1.54) is 18.4 Å². The molecule has 0 spiro atoms. The van der Waals surface area contributed by atoms with Crippen LogP contribution in [-0.4, -0.2) is 55.1 Å². The fraction of sp³-hybridized carbons (Fsp3) is 0.700. The van der Waals surface area contributed by atoms with Gasteiger partial charge in [0.25, 0.3) is 0 Å². The maximum atomic E-state index is 10.4. The number of likely N-dealkylation sites (tertiary alicyclic amines) is 1. The van der Waals surface area contributed by atoms with Gasteiger partial charge in [-0.1, -0.05) is 29.8 Å². The largest absolute Gasteiger partial charge is 0.387 e. The standard InChI is InChI=1S/C20H31NO3/c1-16-5-7-17(8-6-16)20(22)14-21-11-9-18(10-12-21)24-15-19-4-2-3-13-23-19/h5-8,18-20,22H,2-4,9-15H2,1H3. The lowest BCUT2D eigenvalue weighted by Crippen LogP contribution is -2.40. The molecule has 2 atom stereocenters. The van der Waals surface area contributed by atoms with Gasteiger partial charge in [-0.2, -0.15) is 0 Å². The third kappa shape index (κ3) is 5.28. The number of ether oxygens (including phenoxy) is 2. The van der Waals surface area contributed by atoms with Gasteiger partial charge in [-0.15, -0.1) is 0 Å². The molecule has 1 aromatic rings. The van der Waals surface area contributed by atoms with Crippen molar-refractivity contribution in [1.82, 2.24) is 4.90 Å². The summed E-state index contributed by atoms with van der Waals surface area (Å²) in [5, 5.41) is 10.4. The molecule has 2 unspecified atom stereocenters. The zero-order valence-corrected chi connectivity index (χ0v) is 14.8. The van der Waals surface area contributed by atoms with Crippen LogP contribution in [0, 0.1) is 6.92 Å². The minimum Gasteiger partial charge on any atom is -0.387 e. The summed E-state index contributed by atoms with van der Waals surface area (Å²) in [4.78, 5) is 2.35. The van der Waals surface area contributed by atoms with E-state index < -0.39 is 6.10 Å².